The van der Waals surface area contributed by atoms with E-state index in [-0.39, 0.29) is 18.7 Å². The van der Waals surface area contributed by atoms with Crippen molar-refractivity contribution in [1.82, 2.24) is 25.1 Å². The molecule has 3 aromatic heterocycles. The van der Waals surface area contributed by atoms with Crippen molar-refractivity contribution in [2.45, 2.75) is 6.92 Å². The third-order valence-corrected chi connectivity index (χ3v) is 5.79. The summed E-state index contributed by atoms with van der Waals surface area (Å²) in [5, 5.41) is 16.1. The highest BCUT2D eigenvalue weighted by Gasteiger charge is 2.17. The van der Waals surface area contributed by atoms with E-state index >= 15 is 0 Å². The average molecular weight is 532 g/mol. The number of benzene rings is 2. The summed E-state index contributed by atoms with van der Waals surface area (Å²) in [5.74, 6) is 1.80. The molecule has 39 heavy (non-hydrogen) atoms. The summed E-state index contributed by atoms with van der Waals surface area (Å²) < 4.78 is 28.9. The lowest BCUT2D eigenvalue weighted by molar-refractivity contribution is 0.0943. The van der Waals surface area contributed by atoms with Gasteiger partial charge in [0.2, 0.25) is 5.88 Å². The molecule has 0 radical (unpaired) electrons. The van der Waals surface area contributed by atoms with E-state index in [4.69, 9.17) is 23.4 Å². The van der Waals surface area contributed by atoms with Gasteiger partial charge in [-0.2, -0.15) is 4.52 Å². The number of rotatable bonds is 10. The van der Waals surface area contributed by atoms with Crippen LogP contribution in [0.3, 0.4) is 0 Å². The zero-order valence-corrected chi connectivity index (χ0v) is 21.5. The van der Waals surface area contributed by atoms with E-state index in [1.807, 2.05) is 6.92 Å². The van der Waals surface area contributed by atoms with E-state index in [0.717, 1.165) is 0 Å². The Kier molecular flexibility index (Phi) is 7.26. The van der Waals surface area contributed by atoms with Crippen LogP contribution >= 0.6 is 0 Å². The number of fused-ring (bicyclic) bond motifs is 2. The van der Waals surface area contributed by atoms with Crippen LogP contribution in [0.15, 0.2) is 63.8 Å². The molecule has 1 amide bonds. The van der Waals surface area contributed by atoms with Crippen LogP contribution in [-0.4, -0.2) is 59.7 Å². The Morgan fingerprint density at radius 2 is 1.87 bits per heavy atom. The van der Waals surface area contributed by atoms with Gasteiger partial charge in [0.05, 0.1) is 32.9 Å². The Bertz CT molecular complexity index is 1710. The van der Waals surface area contributed by atoms with Gasteiger partial charge in [-0.05, 0) is 37.3 Å². The first-order valence-electron chi connectivity index (χ1n) is 12.1. The Hall–Kier alpha value is -5.13. The van der Waals surface area contributed by atoms with Gasteiger partial charge in [0.1, 0.15) is 23.7 Å². The molecule has 0 bridgehead atoms. The van der Waals surface area contributed by atoms with Gasteiger partial charge >= 0.3 is 5.63 Å². The molecule has 0 aliphatic rings. The molecule has 0 atom stereocenters. The molecule has 0 spiro atoms. The molecule has 3 heterocycles. The van der Waals surface area contributed by atoms with E-state index in [1.165, 1.54) is 10.6 Å². The van der Waals surface area contributed by atoms with Crippen molar-refractivity contribution in [3.63, 3.8) is 0 Å². The molecule has 200 valence electrons. The van der Waals surface area contributed by atoms with Crippen molar-refractivity contribution < 1.29 is 28.2 Å². The standard InChI is InChI=1S/C27H25N5O7/c1-4-37-20-7-5-6-16-14-19(27(34)39-24(16)20)26(33)28-12-13-38-23-11-10-22-29-30-25(32(22)31-23)18-9-8-17(35-2)15-21(18)36-3/h5-11,14-15H,4,12-13H2,1-3H3,(H,28,33). The van der Waals surface area contributed by atoms with Crippen molar-refractivity contribution in [3.05, 3.63) is 70.6 Å². The highest BCUT2D eigenvalue weighted by Crippen LogP contribution is 2.32. The van der Waals surface area contributed by atoms with Crippen molar-refractivity contribution in [1.29, 1.82) is 0 Å². The van der Waals surface area contributed by atoms with Crippen molar-refractivity contribution in [2.24, 2.45) is 0 Å². The Morgan fingerprint density at radius 1 is 1.00 bits per heavy atom. The number of nitrogens with zero attached hydrogens (tertiary/aromatic N) is 4. The second-order valence-corrected chi connectivity index (χ2v) is 8.19. The van der Waals surface area contributed by atoms with Crippen LogP contribution in [0.1, 0.15) is 17.3 Å². The minimum absolute atomic E-state index is 0.0982. The van der Waals surface area contributed by atoms with E-state index in [9.17, 15) is 9.59 Å². The first-order chi connectivity index (χ1) is 19.0. The zero-order chi connectivity index (χ0) is 27.4. The Morgan fingerprint density at radius 3 is 2.67 bits per heavy atom. The van der Waals surface area contributed by atoms with Gasteiger partial charge in [-0.3, -0.25) is 4.79 Å². The molecule has 0 saturated carbocycles. The normalized spacial score (nSPS) is 10.9. The smallest absolute Gasteiger partial charge is 0.349 e. The van der Waals surface area contributed by atoms with Gasteiger partial charge < -0.3 is 28.7 Å². The van der Waals surface area contributed by atoms with E-state index in [2.05, 4.69) is 20.6 Å². The maximum absolute atomic E-state index is 12.7. The third-order valence-electron chi connectivity index (χ3n) is 5.79. The molecular weight excluding hydrogens is 506 g/mol. The molecule has 12 heteroatoms. The second-order valence-electron chi connectivity index (χ2n) is 8.19. The average Bonchev–Trinajstić information content (AvgIpc) is 3.38. The highest BCUT2D eigenvalue weighted by atomic mass is 16.5. The van der Waals surface area contributed by atoms with Gasteiger partial charge in [0, 0.05) is 17.5 Å². The molecule has 12 nitrogen and oxygen atoms in total. The van der Waals surface area contributed by atoms with E-state index in [0.29, 0.717) is 57.7 Å². The van der Waals surface area contributed by atoms with Crippen LogP contribution in [0.4, 0.5) is 0 Å². The predicted octanol–water partition coefficient (Wildman–Crippen LogP) is 3.12. The maximum Gasteiger partial charge on any atom is 0.349 e. The number of nitrogens with one attached hydrogen (secondary N) is 1. The number of ether oxygens (including phenoxy) is 4. The first kappa shape index (κ1) is 25.5. The SMILES string of the molecule is CCOc1cccc2cc(C(=O)NCCOc3ccc4nnc(-c5ccc(OC)cc5OC)n4n3)c(=O)oc12. The van der Waals surface area contributed by atoms with Crippen LogP contribution in [0.5, 0.6) is 23.1 Å². The van der Waals surface area contributed by atoms with Crippen molar-refractivity contribution in [3.8, 4) is 34.5 Å². The van der Waals surface area contributed by atoms with E-state index < -0.39 is 11.5 Å². The van der Waals surface area contributed by atoms with Crippen LogP contribution < -0.4 is 29.9 Å². The predicted molar refractivity (Wildman–Crippen MR) is 141 cm³/mol. The summed E-state index contributed by atoms with van der Waals surface area (Å²) in [6.07, 6.45) is 0. The highest BCUT2D eigenvalue weighted by molar-refractivity contribution is 5.97. The lowest BCUT2D eigenvalue weighted by Crippen LogP contribution is -2.31. The minimum Gasteiger partial charge on any atom is -0.497 e. The number of hydrogen-bond donors (Lipinski definition) is 1. The van der Waals surface area contributed by atoms with Crippen LogP contribution in [0.25, 0.3) is 28.0 Å². The number of aromatic nitrogens is 4. The molecule has 0 aliphatic heterocycles. The molecule has 0 aliphatic carbocycles. The maximum atomic E-state index is 12.7. The monoisotopic (exact) mass is 531 g/mol. The summed E-state index contributed by atoms with van der Waals surface area (Å²) >= 11 is 0. The number of carbonyl (C=O) groups excluding carboxylic acids is 1. The van der Waals surface area contributed by atoms with Gasteiger partial charge in [-0.1, -0.05) is 12.1 Å². The summed E-state index contributed by atoms with van der Waals surface area (Å²) in [5.41, 5.74) is 0.614. The van der Waals surface area contributed by atoms with Crippen LogP contribution in [-0.2, 0) is 0 Å². The lowest BCUT2D eigenvalue weighted by Gasteiger charge is -2.10. The van der Waals surface area contributed by atoms with E-state index in [1.54, 1.807) is 62.8 Å². The van der Waals surface area contributed by atoms with Gasteiger partial charge in [0.25, 0.3) is 5.91 Å². The molecule has 0 unspecified atom stereocenters. The fraction of sp³-hybridized carbons (Fsp3) is 0.222. The van der Waals surface area contributed by atoms with Crippen molar-refractivity contribution in [2.75, 3.05) is 34.0 Å². The molecule has 1 N–H and O–H groups in total. The molecular formula is C27H25N5O7. The molecule has 0 saturated heterocycles. The molecule has 5 aromatic rings. The topological polar surface area (TPSA) is 139 Å². The fourth-order valence-electron chi connectivity index (χ4n) is 3.96. The summed E-state index contributed by atoms with van der Waals surface area (Å²) in [4.78, 5) is 25.1. The quantitative estimate of drug-likeness (QED) is 0.211. The number of amides is 1. The summed E-state index contributed by atoms with van der Waals surface area (Å²) in [6.45, 7) is 2.47. The summed E-state index contributed by atoms with van der Waals surface area (Å²) in [6, 6.07) is 15.4. The number of carbonyl (C=O) groups is 1. The third kappa shape index (κ3) is 5.17. The fourth-order valence-corrected chi connectivity index (χ4v) is 3.96. The molecule has 5 rings (SSSR count). The Balaban J connectivity index is 1.27. The van der Waals surface area contributed by atoms with Crippen LogP contribution in [0, 0.1) is 0 Å². The number of hydrogen-bond acceptors (Lipinski definition) is 10. The number of methoxy groups -OCH3 is 2. The molecule has 0 fully saturated rings. The minimum atomic E-state index is -0.755. The number of para-hydroxylation sites is 1. The first-order valence-corrected chi connectivity index (χ1v) is 12.1. The van der Waals surface area contributed by atoms with Gasteiger partial charge in [0.15, 0.2) is 22.8 Å². The van der Waals surface area contributed by atoms with Crippen molar-refractivity contribution >= 4 is 22.5 Å². The summed E-state index contributed by atoms with van der Waals surface area (Å²) in [7, 11) is 3.13. The van der Waals surface area contributed by atoms with Gasteiger partial charge in [-0.25, -0.2) is 4.79 Å². The Labute approximate surface area is 222 Å². The lowest BCUT2D eigenvalue weighted by atomic mass is 10.1. The second kappa shape index (κ2) is 11.1. The largest absolute Gasteiger partial charge is 0.497 e. The molecule has 2 aromatic carbocycles. The van der Waals surface area contributed by atoms with Crippen LogP contribution in [0.2, 0.25) is 0 Å². The zero-order valence-electron chi connectivity index (χ0n) is 21.5. The van der Waals surface area contributed by atoms with Gasteiger partial charge in [-0.15, -0.1) is 15.3 Å².